The van der Waals surface area contributed by atoms with Gasteiger partial charge in [-0.2, -0.15) is 0 Å². The number of hydrogen-bond donors (Lipinski definition) is 2. The summed E-state index contributed by atoms with van der Waals surface area (Å²) in [5, 5.41) is 3.08. The van der Waals surface area contributed by atoms with Crippen LogP contribution >= 0.6 is 28.3 Å². The van der Waals surface area contributed by atoms with E-state index in [9.17, 15) is 16.8 Å². The first-order valence-electron chi connectivity index (χ1n) is 6.38. The smallest absolute Gasteiger partial charge is 0.241 e. The van der Waals surface area contributed by atoms with E-state index < -0.39 is 19.9 Å². The predicted molar refractivity (Wildman–Crippen MR) is 92.8 cm³/mol. The van der Waals surface area contributed by atoms with Crippen molar-refractivity contribution in [3.8, 4) is 0 Å². The van der Waals surface area contributed by atoms with E-state index in [4.69, 9.17) is 0 Å². The molecule has 1 aromatic rings. The molecular formula is C12H20BrClN2O4S2. The van der Waals surface area contributed by atoms with E-state index in [1.54, 1.807) is 0 Å². The number of sulfone groups is 1. The third kappa shape index (κ3) is 6.51. The second-order valence-electron chi connectivity index (χ2n) is 4.51. The Morgan fingerprint density at radius 1 is 1.09 bits per heavy atom. The summed E-state index contributed by atoms with van der Waals surface area (Å²) in [7, 11) is -7.04. The summed E-state index contributed by atoms with van der Waals surface area (Å²) < 4.78 is 49.8. The van der Waals surface area contributed by atoms with Crippen LogP contribution in [0, 0.1) is 0 Å². The highest BCUT2D eigenvalue weighted by atomic mass is 79.9. The van der Waals surface area contributed by atoms with Crippen LogP contribution in [0.2, 0.25) is 0 Å². The highest BCUT2D eigenvalue weighted by Gasteiger charge is 2.19. The predicted octanol–water partition coefficient (Wildman–Crippen LogP) is 1.55. The lowest BCUT2D eigenvalue weighted by Crippen LogP contribution is -2.32. The average Bonchev–Trinajstić information content (AvgIpc) is 2.37. The van der Waals surface area contributed by atoms with Gasteiger partial charge in [-0.3, -0.25) is 0 Å². The van der Waals surface area contributed by atoms with Crippen molar-refractivity contribution in [3.05, 3.63) is 22.7 Å². The zero-order valence-corrected chi connectivity index (χ0v) is 16.3. The van der Waals surface area contributed by atoms with Crippen LogP contribution in [0.1, 0.15) is 13.3 Å². The number of nitrogens with one attached hydrogen (secondary N) is 2. The van der Waals surface area contributed by atoms with Gasteiger partial charge in [0.2, 0.25) is 10.0 Å². The molecule has 0 aliphatic rings. The van der Waals surface area contributed by atoms with Crippen LogP contribution < -0.4 is 10.0 Å². The van der Waals surface area contributed by atoms with Crippen LogP contribution in [0.25, 0.3) is 0 Å². The molecule has 0 fully saturated rings. The van der Waals surface area contributed by atoms with Crippen LogP contribution in [-0.2, 0) is 19.9 Å². The summed E-state index contributed by atoms with van der Waals surface area (Å²) in [5.74, 6) is 0. The fourth-order valence-corrected chi connectivity index (χ4v) is 4.49. The van der Waals surface area contributed by atoms with E-state index in [1.807, 2.05) is 6.92 Å². The summed E-state index contributed by atoms with van der Waals surface area (Å²) >= 11 is 3.11. The van der Waals surface area contributed by atoms with Gasteiger partial charge in [0, 0.05) is 23.8 Å². The lowest BCUT2D eigenvalue weighted by Gasteiger charge is -2.10. The molecular weight excluding hydrogens is 416 g/mol. The summed E-state index contributed by atoms with van der Waals surface area (Å²) in [6.07, 6.45) is 2.05. The minimum Gasteiger partial charge on any atom is -0.315 e. The van der Waals surface area contributed by atoms with Crippen LogP contribution in [0.5, 0.6) is 0 Å². The van der Waals surface area contributed by atoms with Crippen molar-refractivity contribution in [3.63, 3.8) is 0 Å². The summed E-state index contributed by atoms with van der Waals surface area (Å²) in [6, 6.07) is 3.85. The molecule has 2 N–H and O–H groups in total. The van der Waals surface area contributed by atoms with Crippen LogP contribution in [0.15, 0.2) is 32.5 Å². The Morgan fingerprint density at radius 2 is 1.73 bits per heavy atom. The Kier molecular flexibility index (Phi) is 9.11. The second kappa shape index (κ2) is 9.19. The fraction of sp³-hybridized carbons (Fsp3) is 0.500. The molecule has 0 aromatic heterocycles. The normalized spacial score (nSPS) is 12.0. The Hall–Kier alpha value is -0.190. The van der Waals surface area contributed by atoms with Crippen molar-refractivity contribution in [2.24, 2.45) is 0 Å². The third-order valence-corrected chi connectivity index (χ3v) is 6.19. The second-order valence-corrected chi connectivity index (χ2v) is 9.12. The Labute approximate surface area is 146 Å². The minimum absolute atomic E-state index is 0. The van der Waals surface area contributed by atoms with Crippen molar-refractivity contribution < 1.29 is 16.8 Å². The molecule has 0 aliphatic heterocycles. The van der Waals surface area contributed by atoms with Gasteiger partial charge in [-0.25, -0.2) is 21.6 Å². The number of benzene rings is 1. The minimum atomic E-state index is -3.67. The quantitative estimate of drug-likeness (QED) is 0.604. The zero-order valence-electron chi connectivity index (χ0n) is 12.3. The van der Waals surface area contributed by atoms with Crippen LogP contribution in [0.4, 0.5) is 0 Å². The lowest BCUT2D eigenvalue weighted by atomic mass is 10.4. The van der Waals surface area contributed by atoms with Gasteiger partial charge in [0.05, 0.1) is 9.79 Å². The molecule has 128 valence electrons. The van der Waals surface area contributed by atoms with E-state index in [0.29, 0.717) is 6.54 Å². The first-order valence-corrected chi connectivity index (χ1v) is 10.5. The van der Waals surface area contributed by atoms with Gasteiger partial charge < -0.3 is 5.32 Å². The van der Waals surface area contributed by atoms with Crippen molar-refractivity contribution in [2.45, 2.75) is 23.1 Å². The third-order valence-electron chi connectivity index (χ3n) is 2.64. The SMILES string of the molecule is CCCNCCNS(=O)(=O)c1ccc(S(C)(=O)=O)cc1Br.Cl. The molecule has 0 atom stereocenters. The molecule has 0 radical (unpaired) electrons. The van der Waals surface area contributed by atoms with E-state index in [1.165, 1.54) is 18.2 Å². The largest absolute Gasteiger partial charge is 0.315 e. The maximum absolute atomic E-state index is 12.1. The fourth-order valence-electron chi connectivity index (χ4n) is 1.58. The molecule has 0 spiro atoms. The Balaban J connectivity index is 0.00000441. The number of rotatable bonds is 8. The van der Waals surface area contributed by atoms with Crippen molar-refractivity contribution in [1.82, 2.24) is 10.0 Å². The first-order chi connectivity index (χ1) is 9.68. The molecule has 1 aromatic carbocycles. The van der Waals surface area contributed by atoms with Crippen LogP contribution in [-0.4, -0.2) is 42.7 Å². The van der Waals surface area contributed by atoms with Gasteiger partial charge >= 0.3 is 0 Å². The Morgan fingerprint density at radius 3 is 2.23 bits per heavy atom. The molecule has 0 aliphatic carbocycles. The van der Waals surface area contributed by atoms with Gasteiger partial charge in [-0.1, -0.05) is 6.92 Å². The average molecular weight is 436 g/mol. The first kappa shape index (κ1) is 21.8. The standard InChI is InChI=1S/C12H19BrN2O4S2.ClH/c1-3-6-14-7-8-15-21(18,19)12-5-4-10(9-11(12)13)20(2,16)17;/h4-5,9,14-15H,3,6-8H2,1-2H3;1H. The summed E-state index contributed by atoms with van der Waals surface area (Å²) in [4.78, 5) is 0.0864. The molecule has 22 heavy (non-hydrogen) atoms. The van der Waals surface area contributed by atoms with Crippen molar-refractivity contribution in [2.75, 3.05) is 25.9 Å². The molecule has 0 saturated carbocycles. The van der Waals surface area contributed by atoms with E-state index in [2.05, 4.69) is 26.0 Å². The van der Waals surface area contributed by atoms with Crippen LogP contribution in [0.3, 0.4) is 0 Å². The van der Waals surface area contributed by atoms with Crippen molar-refractivity contribution >= 4 is 48.2 Å². The van der Waals surface area contributed by atoms with Gasteiger partial charge in [-0.05, 0) is 47.1 Å². The van der Waals surface area contributed by atoms with E-state index in [0.717, 1.165) is 19.2 Å². The molecule has 0 unspecified atom stereocenters. The topological polar surface area (TPSA) is 92.3 Å². The maximum atomic E-state index is 12.1. The zero-order chi connectivity index (χ0) is 16.1. The molecule has 0 saturated heterocycles. The van der Waals surface area contributed by atoms with Crippen molar-refractivity contribution in [1.29, 1.82) is 0 Å². The number of sulfonamides is 1. The highest BCUT2D eigenvalue weighted by Crippen LogP contribution is 2.25. The molecule has 0 bridgehead atoms. The summed E-state index contributed by atoms with van der Waals surface area (Å²) in [6.45, 7) is 3.65. The molecule has 6 nitrogen and oxygen atoms in total. The lowest BCUT2D eigenvalue weighted by molar-refractivity contribution is 0.574. The highest BCUT2D eigenvalue weighted by molar-refractivity contribution is 9.10. The van der Waals surface area contributed by atoms with E-state index >= 15 is 0 Å². The maximum Gasteiger partial charge on any atom is 0.241 e. The molecule has 10 heteroatoms. The number of hydrogen-bond acceptors (Lipinski definition) is 5. The van der Waals surface area contributed by atoms with Gasteiger partial charge in [0.25, 0.3) is 0 Å². The molecule has 1 rings (SSSR count). The Bertz CT molecular complexity index is 693. The summed E-state index contributed by atoms with van der Waals surface area (Å²) in [5.41, 5.74) is 0. The monoisotopic (exact) mass is 434 g/mol. The molecule has 0 amide bonds. The number of halogens is 2. The van der Waals surface area contributed by atoms with Gasteiger partial charge in [0.15, 0.2) is 9.84 Å². The van der Waals surface area contributed by atoms with E-state index in [-0.39, 0.29) is 33.2 Å². The van der Waals surface area contributed by atoms with Gasteiger partial charge in [0.1, 0.15) is 0 Å². The van der Waals surface area contributed by atoms with Gasteiger partial charge in [-0.15, -0.1) is 12.4 Å². The molecule has 0 heterocycles.